The molecule has 82 valence electrons. The smallest absolute Gasteiger partial charge is 0.333 e. The van der Waals surface area contributed by atoms with E-state index in [1.807, 2.05) is 52.9 Å². The average Bonchev–Trinajstić information content (AvgIpc) is 2.18. The van der Waals surface area contributed by atoms with Crippen LogP contribution in [0.3, 0.4) is 0 Å². The highest BCUT2D eigenvalue weighted by Gasteiger charge is 2.05. The lowest BCUT2D eigenvalue weighted by atomic mass is 10.2. The van der Waals surface area contributed by atoms with Crippen LogP contribution in [-0.4, -0.2) is 16.7 Å². The summed E-state index contributed by atoms with van der Waals surface area (Å²) < 4.78 is 10.0. The molecule has 1 atom stereocenters. The van der Waals surface area contributed by atoms with Gasteiger partial charge < -0.3 is 9.47 Å². The van der Waals surface area contributed by atoms with Gasteiger partial charge in [-0.1, -0.05) is 30.3 Å². The second kappa shape index (κ2) is 6.79. The molecule has 1 aromatic rings. The molecule has 3 nitrogen and oxygen atoms in total. The minimum atomic E-state index is -0.326. The van der Waals surface area contributed by atoms with Gasteiger partial charge in [-0.2, -0.15) is 0 Å². The van der Waals surface area contributed by atoms with E-state index in [4.69, 9.17) is 9.47 Å². The average molecular weight is 320 g/mol. The van der Waals surface area contributed by atoms with E-state index in [-0.39, 0.29) is 16.7 Å². The lowest BCUT2D eigenvalue weighted by Crippen LogP contribution is -2.15. The molecule has 0 N–H and O–H groups in total. The van der Waals surface area contributed by atoms with Crippen molar-refractivity contribution in [1.29, 1.82) is 0 Å². The fourth-order valence-corrected chi connectivity index (χ4v) is 1.33. The molecule has 0 aliphatic carbocycles. The molecule has 0 aliphatic rings. The number of rotatable bonds is 5. The van der Waals surface area contributed by atoms with Gasteiger partial charge in [-0.25, -0.2) is 4.79 Å². The van der Waals surface area contributed by atoms with Crippen molar-refractivity contribution >= 4 is 28.6 Å². The Kier molecular flexibility index (Phi) is 5.63. The first-order valence-corrected chi connectivity index (χ1v) is 5.88. The SMILES string of the molecule is CC(I)OC(=O)COCc1ccccc1. The molecule has 0 saturated heterocycles. The summed E-state index contributed by atoms with van der Waals surface area (Å²) in [6.07, 6.45) is 0. The van der Waals surface area contributed by atoms with Crippen LogP contribution >= 0.6 is 22.6 Å². The quantitative estimate of drug-likeness (QED) is 0.475. The van der Waals surface area contributed by atoms with E-state index in [2.05, 4.69) is 0 Å². The molecule has 0 saturated carbocycles. The molecule has 1 rings (SSSR count). The van der Waals surface area contributed by atoms with E-state index in [0.717, 1.165) is 5.56 Å². The fraction of sp³-hybridized carbons (Fsp3) is 0.364. The number of carbonyl (C=O) groups is 1. The number of benzene rings is 1. The Balaban J connectivity index is 2.19. The van der Waals surface area contributed by atoms with Crippen molar-refractivity contribution < 1.29 is 14.3 Å². The Morgan fingerprint density at radius 3 is 2.67 bits per heavy atom. The van der Waals surface area contributed by atoms with Crippen molar-refractivity contribution in [1.82, 2.24) is 0 Å². The van der Waals surface area contributed by atoms with Gasteiger partial charge in [-0.15, -0.1) is 0 Å². The molecule has 15 heavy (non-hydrogen) atoms. The lowest BCUT2D eigenvalue weighted by molar-refractivity contribution is -0.149. The Morgan fingerprint density at radius 1 is 1.40 bits per heavy atom. The zero-order valence-corrected chi connectivity index (χ0v) is 10.6. The van der Waals surface area contributed by atoms with E-state index < -0.39 is 0 Å². The van der Waals surface area contributed by atoms with E-state index in [1.54, 1.807) is 6.92 Å². The predicted molar refractivity (Wildman–Crippen MR) is 65.7 cm³/mol. The first-order chi connectivity index (χ1) is 7.18. The maximum Gasteiger partial charge on any atom is 0.333 e. The topological polar surface area (TPSA) is 35.5 Å². The predicted octanol–water partition coefficient (Wildman–Crippen LogP) is 2.53. The van der Waals surface area contributed by atoms with Crippen molar-refractivity contribution in [3.8, 4) is 0 Å². The zero-order chi connectivity index (χ0) is 11.1. The van der Waals surface area contributed by atoms with Crippen molar-refractivity contribution in [2.75, 3.05) is 6.61 Å². The molecular weight excluding hydrogens is 307 g/mol. The number of halogens is 1. The van der Waals surface area contributed by atoms with Gasteiger partial charge in [-0.05, 0) is 35.1 Å². The van der Waals surface area contributed by atoms with Crippen molar-refractivity contribution in [3.05, 3.63) is 35.9 Å². The number of hydrogen-bond acceptors (Lipinski definition) is 3. The first-order valence-electron chi connectivity index (χ1n) is 4.63. The second-order valence-electron chi connectivity index (χ2n) is 3.01. The van der Waals surface area contributed by atoms with Crippen LogP contribution in [0.25, 0.3) is 0 Å². The van der Waals surface area contributed by atoms with Gasteiger partial charge >= 0.3 is 5.97 Å². The highest BCUT2D eigenvalue weighted by Crippen LogP contribution is 2.03. The minimum Gasteiger partial charge on any atom is -0.450 e. The molecule has 0 radical (unpaired) electrons. The largest absolute Gasteiger partial charge is 0.450 e. The fourth-order valence-electron chi connectivity index (χ4n) is 1.04. The van der Waals surface area contributed by atoms with E-state index in [9.17, 15) is 4.79 Å². The summed E-state index contributed by atoms with van der Waals surface area (Å²) in [6.45, 7) is 2.24. The molecule has 1 unspecified atom stereocenters. The Labute approximate surface area is 103 Å². The van der Waals surface area contributed by atoms with Crippen molar-refractivity contribution in [3.63, 3.8) is 0 Å². The van der Waals surface area contributed by atoms with Gasteiger partial charge in [0.15, 0.2) is 0 Å². The summed E-state index contributed by atoms with van der Waals surface area (Å²) in [7, 11) is 0. The molecule has 4 heteroatoms. The molecular formula is C11H13IO3. The summed E-state index contributed by atoms with van der Waals surface area (Å²) in [6, 6.07) is 9.71. The third-order valence-electron chi connectivity index (χ3n) is 1.63. The van der Waals surface area contributed by atoms with Crippen molar-refractivity contribution in [2.24, 2.45) is 0 Å². The Bertz CT molecular complexity index is 298. The maximum atomic E-state index is 11.1. The standard InChI is InChI=1S/C11H13IO3/c1-9(12)15-11(13)8-14-7-10-5-3-2-4-6-10/h2-6,9H,7-8H2,1H3. The van der Waals surface area contributed by atoms with Crippen LogP contribution in [0.15, 0.2) is 30.3 Å². The third-order valence-corrected chi connectivity index (χ3v) is 1.88. The highest BCUT2D eigenvalue weighted by molar-refractivity contribution is 14.1. The molecule has 0 bridgehead atoms. The maximum absolute atomic E-state index is 11.1. The summed E-state index contributed by atoms with van der Waals surface area (Å²) in [5.74, 6) is -0.326. The van der Waals surface area contributed by atoms with Gasteiger partial charge in [0.05, 0.1) is 6.61 Å². The molecule has 0 aliphatic heterocycles. The van der Waals surface area contributed by atoms with Crippen LogP contribution in [0, 0.1) is 0 Å². The van der Waals surface area contributed by atoms with Crippen LogP contribution in [0.4, 0.5) is 0 Å². The molecule has 0 spiro atoms. The van der Waals surface area contributed by atoms with Gasteiger partial charge in [0.1, 0.15) is 10.7 Å². The van der Waals surface area contributed by atoms with E-state index in [0.29, 0.717) is 6.61 Å². The Morgan fingerprint density at radius 2 is 2.07 bits per heavy atom. The van der Waals surface area contributed by atoms with Gasteiger partial charge in [0.2, 0.25) is 0 Å². The molecule has 0 heterocycles. The van der Waals surface area contributed by atoms with Crippen LogP contribution < -0.4 is 0 Å². The third kappa shape index (κ3) is 5.74. The number of carbonyl (C=O) groups excluding carboxylic acids is 1. The first kappa shape index (κ1) is 12.4. The molecule has 0 aromatic heterocycles. The lowest BCUT2D eigenvalue weighted by Gasteiger charge is -2.07. The molecule has 0 fully saturated rings. The number of alkyl halides is 1. The molecule has 1 aromatic carbocycles. The Hall–Kier alpha value is -0.620. The summed E-state index contributed by atoms with van der Waals surface area (Å²) in [5, 5.41) is 0. The van der Waals surface area contributed by atoms with Gasteiger partial charge in [0, 0.05) is 0 Å². The molecule has 0 amide bonds. The van der Waals surface area contributed by atoms with E-state index in [1.165, 1.54) is 0 Å². The summed E-state index contributed by atoms with van der Waals surface area (Å²) >= 11 is 2.02. The number of esters is 1. The summed E-state index contributed by atoms with van der Waals surface area (Å²) in [5.41, 5.74) is 1.05. The van der Waals surface area contributed by atoms with Crippen molar-refractivity contribution in [2.45, 2.75) is 17.6 Å². The van der Waals surface area contributed by atoms with Crippen LogP contribution in [0.5, 0.6) is 0 Å². The van der Waals surface area contributed by atoms with E-state index >= 15 is 0 Å². The monoisotopic (exact) mass is 320 g/mol. The number of ether oxygens (including phenoxy) is 2. The van der Waals surface area contributed by atoms with Crippen LogP contribution in [0.2, 0.25) is 0 Å². The van der Waals surface area contributed by atoms with Crippen LogP contribution in [-0.2, 0) is 20.9 Å². The normalized spacial score (nSPS) is 12.1. The highest BCUT2D eigenvalue weighted by atomic mass is 127. The second-order valence-corrected chi connectivity index (χ2v) is 4.77. The minimum absolute atomic E-state index is 0.00222. The van der Waals surface area contributed by atoms with Gasteiger partial charge in [-0.3, -0.25) is 0 Å². The number of hydrogen-bond donors (Lipinski definition) is 0. The van der Waals surface area contributed by atoms with Crippen LogP contribution in [0.1, 0.15) is 12.5 Å². The zero-order valence-electron chi connectivity index (χ0n) is 8.48. The summed E-state index contributed by atoms with van der Waals surface area (Å²) in [4.78, 5) is 11.1. The van der Waals surface area contributed by atoms with Gasteiger partial charge in [0.25, 0.3) is 0 Å².